The molecular formula is C11H17N3. The maximum atomic E-state index is 5.56. The Labute approximate surface area is 84.9 Å². The van der Waals surface area contributed by atoms with Gasteiger partial charge in [0.2, 0.25) is 0 Å². The van der Waals surface area contributed by atoms with E-state index in [1.165, 1.54) is 19.3 Å². The lowest BCUT2D eigenvalue weighted by Gasteiger charge is -2.35. The predicted molar refractivity (Wildman–Crippen MR) is 58.2 cm³/mol. The number of nitrogens with two attached hydrogens (primary N) is 1. The van der Waals surface area contributed by atoms with Crippen molar-refractivity contribution < 1.29 is 0 Å². The fourth-order valence-corrected chi connectivity index (χ4v) is 1.74. The van der Waals surface area contributed by atoms with E-state index < -0.39 is 0 Å². The van der Waals surface area contributed by atoms with Crippen molar-refractivity contribution in [1.82, 2.24) is 4.98 Å². The van der Waals surface area contributed by atoms with Gasteiger partial charge in [0.25, 0.3) is 0 Å². The molecule has 2 N–H and O–H groups in total. The molecule has 0 amide bonds. The van der Waals surface area contributed by atoms with Gasteiger partial charge in [0.1, 0.15) is 5.82 Å². The monoisotopic (exact) mass is 191 g/mol. The highest BCUT2D eigenvalue weighted by atomic mass is 15.2. The molecule has 0 bridgehead atoms. The van der Waals surface area contributed by atoms with Crippen LogP contribution in [0.2, 0.25) is 0 Å². The SMILES string of the molecule is CN(c1cccc(CN)n1)C1CCC1. The van der Waals surface area contributed by atoms with E-state index in [1.54, 1.807) is 0 Å². The molecule has 3 nitrogen and oxygen atoms in total. The zero-order chi connectivity index (χ0) is 9.97. The molecule has 0 unspecified atom stereocenters. The zero-order valence-electron chi connectivity index (χ0n) is 8.61. The van der Waals surface area contributed by atoms with Gasteiger partial charge in [0, 0.05) is 19.6 Å². The van der Waals surface area contributed by atoms with Crippen molar-refractivity contribution >= 4 is 5.82 Å². The number of hydrogen-bond donors (Lipinski definition) is 1. The van der Waals surface area contributed by atoms with Gasteiger partial charge >= 0.3 is 0 Å². The molecule has 3 heteroatoms. The van der Waals surface area contributed by atoms with Gasteiger partial charge in [0.15, 0.2) is 0 Å². The Kier molecular flexibility index (Phi) is 2.68. The third-order valence-electron chi connectivity index (χ3n) is 2.98. The minimum absolute atomic E-state index is 0.520. The summed E-state index contributed by atoms with van der Waals surface area (Å²) < 4.78 is 0. The van der Waals surface area contributed by atoms with Crippen molar-refractivity contribution in [1.29, 1.82) is 0 Å². The third-order valence-corrected chi connectivity index (χ3v) is 2.98. The topological polar surface area (TPSA) is 42.1 Å². The first-order valence-electron chi connectivity index (χ1n) is 5.20. The van der Waals surface area contributed by atoms with Crippen LogP contribution in [0.4, 0.5) is 5.82 Å². The molecule has 1 heterocycles. The summed E-state index contributed by atoms with van der Waals surface area (Å²) in [6, 6.07) is 6.74. The molecule has 14 heavy (non-hydrogen) atoms. The Morgan fingerprint density at radius 2 is 2.29 bits per heavy atom. The Hall–Kier alpha value is -1.09. The molecule has 0 aliphatic heterocycles. The number of rotatable bonds is 3. The highest BCUT2D eigenvalue weighted by Gasteiger charge is 2.22. The fraction of sp³-hybridized carbons (Fsp3) is 0.545. The summed E-state index contributed by atoms with van der Waals surface area (Å²) in [6.45, 7) is 0.520. The Balaban J connectivity index is 2.13. The second-order valence-electron chi connectivity index (χ2n) is 3.89. The lowest BCUT2D eigenvalue weighted by Crippen LogP contribution is -2.37. The van der Waals surface area contributed by atoms with Crippen molar-refractivity contribution in [2.75, 3.05) is 11.9 Å². The van der Waals surface area contributed by atoms with Crippen molar-refractivity contribution in [3.05, 3.63) is 23.9 Å². The zero-order valence-corrected chi connectivity index (χ0v) is 8.61. The van der Waals surface area contributed by atoms with Gasteiger partial charge in [-0.05, 0) is 31.4 Å². The standard InChI is InChI=1S/C11H17N3/c1-14(10-5-3-6-10)11-7-2-4-9(8-12)13-11/h2,4,7,10H,3,5-6,8,12H2,1H3. The van der Waals surface area contributed by atoms with Crippen LogP contribution >= 0.6 is 0 Å². The summed E-state index contributed by atoms with van der Waals surface area (Å²) in [5.74, 6) is 1.05. The van der Waals surface area contributed by atoms with Crippen molar-refractivity contribution in [2.24, 2.45) is 5.73 Å². The maximum Gasteiger partial charge on any atom is 0.128 e. The van der Waals surface area contributed by atoms with Crippen LogP contribution < -0.4 is 10.6 Å². The molecular weight excluding hydrogens is 174 g/mol. The van der Waals surface area contributed by atoms with Crippen LogP contribution in [-0.2, 0) is 6.54 Å². The third kappa shape index (κ3) is 1.73. The molecule has 0 spiro atoms. The summed E-state index contributed by atoms with van der Waals surface area (Å²) in [5, 5.41) is 0. The van der Waals surface area contributed by atoms with E-state index in [4.69, 9.17) is 5.73 Å². The lowest BCUT2D eigenvalue weighted by molar-refractivity contribution is 0.399. The Bertz CT molecular complexity index is 307. The van der Waals surface area contributed by atoms with Gasteiger partial charge in [-0.3, -0.25) is 0 Å². The molecule has 0 atom stereocenters. The quantitative estimate of drug-likeness (QED) is 0.787. The average molecular weight is 191 g/mol. The average Bonchev–Trinajstić information content (AvgIpc) is 2.15. The van der Waals surface area contributed by atoms with E-state index in [9.17, 15) is 0 Å². The van der Waals surface area contributed by atoms with Gasteiger partial charge in [-0.1, -0.05) is 6.07 Å². The molecule has 0 aromatic carbocycles. The van der Waals surface area contributed by atoms with E-state index in [1.807, 2.05) is 12.1 Å². The van der Waals surface area contributed by atoms with Gasteiger partial charge < -0.3 is 10.6 Å². The number of pyridine rings is 1. The predicted octanol–water partition coefficient (Wildman–Crippen LogP) is 1.53. The lowest BCUT2D eigenvalue weighted by atomic mass is 9.92. The molecule has 0 radical (unpaired) electrons. The molecule has 1 aromatic rings. The normalized spacial score (nSPS) is 16.4. The van der Waals surface area contributed by atoms with E-state index in [-0.39, 0.29) is 0 Å². The van der Waals surface area contributed by atoms with Gasteiger partial charge in [0.05, 0.1) is 5.69 Å². The summed E-state index contributed by atoms with van der Waals surface area (Å²) >= 11 is 0. The molecule has 1 saturated carbocycles. The summed E-state index contributed by atoms with van der Waals surface area (Å²) in [6.07, 6.45) is 3.95. The highest BCUT2D eigenvalue weighted by molar-refractivity contribution is 5.40. The van der Waals surface area contributed by atoms with E-state index in [2.05, 4.69) is 23.0 Å². The van der Waals surface area contributed by atoms with Crippen LogP contribution in [0, 0.1) is 0 Å². The Morgan fingerprint density at radius 1 is 1.50 bits per heavy atom. The van der Waals surface area contributed by atoms with Gasteiger partial charge in [-0.2, -0.15) is 0 Å². The fourth-order valence-electron chi connectivity index (χ4n) is 1.74. The van der Waals surface area contributed by atoms with Crippen LogP contribution in [-0.4, -0.2) is 18.1 Å². The number of hydrogen-bond acceptors (Lipinski definition) is 3. The summed E-state index contributed by atoms with van der Waals surface area (Å²) in [7, 11) is 2.12. The van der Waals surface area contributed by atoms with Crippen molar-refractivity contribution in [3.63, 3.8) is 0 Å². The van der Waals surface area contributed by atoms with Crippen LogP contribution in [0.25, 0.3) is 0 Å². The molecule has 0 saturated heterocycles. The second kappa shape index (κ2) is 3.96. The van der Waals surface area contributed by atoms with Crippen molar-refractivity contribution in [3.8, 4) is 0 Å². The first-order chi connectivity index (χ1) is 6.81. The molecule has 1 aliphatic carbocycles. The Morgan fingerprint density at radius 3 is 2.86 bits per heavy atom. The molecule has 1 aliphatic rings. The minimum Gasteiger partial charge on any atom is -0.357 e. The smallest absolute Gasteiger partial charge is 0.128 e. The second-order valence-corrected chi connectivity index (χ2v) is 3.89. The minimum atomic E-state index is 0.520. The van der Waals surface area contributed by atoms with E-state index in [0.29, 0.717) is 12.6 Å². The van der Waals surface area contributed by atoms with Crippen LogP contribution in [0.15, 0.2) is 18.2 Å². The molecule has 76 valence electrons. The molecule has 2 rings (SSSR count). The number of anilines is 1. The van der Waals surface area contributed by atoms with Gasteiger partial charge in [-0.25, -0.2) is 4.98 Å². The molecule has 1 fully saturated rings. The maximum absolute atomic E-state index is 5.56. The number of aromatic nitrogens is 1. The summed E-state index contributed by atoms with van der Waals surface area (Å²) in [5.41, 5.74) is 6.53. The van der Waals surface area contributed by atoms with Gasteiger partial charge in [-0.15, -0.1) is 0 Å². The summed E-state index contributed by atoms with van der Waals surface area (Å²) in [4.78, 5) is 6.76. The molecule has 1 aromatic heterocycles. The van der Waals surface area contributed by atoms with Crippen LogP contribution in [0.3, 0.4) is 0 Å². The van der Waals surface area contributed by atoms with Crippen molar-refractivity contribution in [2.45, 2.75) is 31.8 Å². The van der Waals surface area contributed by atoms with Crippen LogP contribution in [0.5, 0.6) is 0 Å². The number of nitrogens with zero attached hydrogens (tertiary/aromatic N) is 2. The van der Waals surface area contributed by atoms with Crippen LogP contribution in [0.1, 0.15) is 25.0 Å². The van der Waals surface area contributed by atoms with E-state index >= 15 is 0 Å². The largest absolute Gasteiger partial charge is 0.357 e. The first kappa shape index (κ1) is 9.46. The highest BCUT2D eigenvalue weighted by Crippen LogP contribution is 2.26. The first-order valence-corrected chi connectivity index (χ1v) is 5.20. The van der Waals surface area contributed by atoms with E-state index in [0.717, 1.165) is 11.5 Å².